The number of ether oxygens (including phenoxy) is 1. The van der Waals surface area contributed by atoms with Crippen LogP contribution in [0.5, 0.6) is 5.75 Å². The predicted octanol–water partition coefficient (Wildman–Crippen LogP) is 3.59. The molecule has 0 radical (unpaired) electrons. The molecule has 1 unspecified atom stereocenters. The van der Waals surface area contributed by atoms with Crippen molar-refractivity contribution in [2.24, 2.45) is 5.92 Å². The molecule has 0 bridgehead atoms. The topological polar surface area (TPSA) is 87.7 Å². The molecule has 2 rings (SSSR count). The number of nitrogens with one attached hydrogen (secondary N) is 2. The lowest BCUT2D eigenvalue weighted by Crippen LogP contribution is -2.46. The Kier molecular flexibility index (Phi) is 8.88. The molecule has 0 spiro atoms. The molecule has 7 nitrogen and oxygen atoms in total. The maximum Gasteiger partial charge on any atom is 0.262 e. The molecule has 31 heavy (non-hydrogen) atoms. The van der Waals surface area contributed by atoms with Crippen molar-refractivity contribution >= 4 is 21.6 Å². The second-order valence-corrected chi connectivity index (χ2v) is 9.26. The fourth-order valence-corrected chi connectivity index (χ4v) is 4.57. The number of amides is 1. The molecule has 0 aliphatic rings. The molecule has 1 amide bonds. The first-order valence-electron chi connectivity index (χ1n) is 10.5. The van der Waals surface area contributed by atoms with E-state index in [1.54, 1.807) is 24.3 Å². The van der Waals surface area contributed by atoms with Gasteiger partial charge in [-0.3, -0.25) is 14.4 Å². The summed E-state index contributed by atoms with van der Waals surface area (Å²) in [4.78, 5) is 15.0. The zero-order valence-electron chi connectivity index (χ0n) is 18.9. The fraction of sp³-hybridized carbons (Fsp3) is 0.435. The molecule has 8 heteroatoms. The molecule has 2 N–H and O–H groups in total. The fourth-order valence-electron chi connectivity index (χ4n) is 3.50. The maximum atomic E-state index is 12.7. The summed E-state index contributed by atoms with van der Waals surface area (Å²) in [5, 5.41) is 2.98. The average Bonchev–Trinajstić information content (AvgIpc) is 2.76. The van der Waals surface area contributed by atoms with E-state index in [1.165, 1.54) is 31.4 Å². The SMILES string of the molecule is CCN(CC)C(CNC(=O)c1ccc(S(=O)(=O)Nc2ccccc2OC)cc1)C(C)C. The second kappa shape index (κ2) is 11.2. The molecule has 0 heterocycles. The Morgan fingerprint density at radius 2 is 1.65 bits per heavy atom. The Balaban J connectivity index is 2.09. The third-order valence-corrected chi connectivity index (χ3v) is 6.68. The Labute approximate surface area is 185 Å². The van der Waals surface area contributed by atoms with Crippen molar-refractivity contribution in [2.75, 3.05) is 31.5 Å². The highest BCUT2D eigenvalue weighted by Crippen LogP contribution is 2.26. The number of carbonyl (C=O) groups excluding carboxylic acids is 1. The lowest BCUT2D eigenvalue weighted by Gasteiger charge is -2.32. The normalized spacial score (nSPS) is 12.6. The van der Waals surface area contributed by atoms with Gasteiger partial charge in [0.15, 0.2) is 0 Å². The number of hydrogen-bond donors (Lipinski definition) is 2. The van der Waals surface area contributed by atoms with E-state index >= 15 is 0 Å². The van der Waals surface area contributed by atoms with Crippen LogP contribution in [0.25, 0.3) is 0 Å². The first-order chi connectivity index (χ1) is 14.7. The van der Waals surface area contributed by atoms with Crippen LogP contribution in [0.4, 0.5) is 5.69 Å². The minimum atomic E-state index is -3.81. The van der Waals surface area contributed by atoms with Gasteiger partial charge in [-0.05, 0) is 55.4 Å². The Hall–Kier alpha value is -2.58. The number of carbonyl (C=O) groups is 1. The molecule has 0 aliphatic carbocycles. The van der Waals surface area contributed by atoms with Gasteiger partial charge in [-0.1, -0.05) is 39.8 Å². The molecule has 0 saturated carbocycles. The van der Waals surface area contributed by atoms with Gasteiger partial charge in [0.25, 0.3) is 15.9 Å². The van der Waals surface area contributed by atoms with Crippen LogP contribution in [0.3, 0.4) is 0 Å². The van der Waals surface area contributed by atoms with E-state index in [0.29, 0.717) is 29.5 Å². The van der Waals surface area contributed by atoms with Gasteiger partial charge in [0.05, 0.1) is 17.7 Å². The summed E-state index contributed by atoms with van der Waals surface area (Å²) in [5.41, 5.74) is 0.765. The van der Waals surface area contributed by atoms with Crippen LogP contribution in [0, 0.1) is 5.92 Å². The second-order valence-electron chi connectivity index (χ2n) is 7.57. The number of likely N-dealkylation sites (N-methyl/N-ethyl adjacent to an activating group) is 1. The molecule has 0 fully saturated rings. The average molecular weight is 448 g/mol. The van der Waals surface area contributed by atoms with Crippen molar-refractivity contribution in [3.8, 4) is 5.75 Å². The van der Waals surface area contributed by atoms with Gasteiger partial charge in [-0.2, -0.15) is 0 Å². The number of sulfonamides is 1. The van der Waals surface area contributed by atoms with Crippen LogP contribution in [0.15, 0.2) is 53.4 Å². The van der Waals surface area contributed by atoms with E-state index < -0.39 is 10.0 Å². The van der Waals surface area contributed by atoms with E-state index in [4.69, 9.17) is 4.74 Å². The molecular formula is C23H33N3O4S. The first-order valence-corrected chi connectivity index (χ1v) is 12.0. The Bertz CT molecular complexity index is 955. The van der Waals surface area contributed by atoms with Gasteiger partial charge < -0.3 is 10.1 Å². The van der Waals surface area contributed by atoms with Gasteiger partial charge in [0.1, 0.15) is 5.75 Å². The third kappa shape index (κ3) is 6.45. The Morgan fingerprint density at radius 3 is 2.19 bits per heavy atom. The zero-order chi connectivity index (χ0) is 23.0. The summed E-state index contributed by atoms with van der Waals surface area (Å²) >= 11 is 0. The summed E-state index contributed by atoms with van der Waals surface area (Å²) in [7, 11) is -2.33. The highest BCUT2D eigenvalue weighted by Gasteiger charge is 2.21. The number of para-hydroxylation sites is 2. The molecule has 0 saturated heterocycles. The van der Waals surface area contributed by atoms with Crippen molar-refractivity contribution in [3.05, 3.63) is 54.1 Å². The van der Waals surface area contributed by atoms with Crippen LogP contribution in [-0.2, 0) is 10.0 Å². The molecule has 0 aliphatic heterocycles. The van der Waals surface area contributed by atoms with Crippen LogP contribution in [0.2, 0.25) is 0 Å². The quantitative estimate of drug-likeness (QED) is 0.550. The molecule has 0 aromatic heterocycles. The minimum Gasteiger partial charge on any atom is -0.495 e. The van der Waals surface area contributed by atoms with Crippen molar-refractivity contribution in [3.63, 3.8) is 0 Å². The summed E-state index contributed by atoms with van der Waals surface area (Å²) in [6.45, 7) is 10.9. The summed E-state index contributed by atoms with van der Waals surface area (Å²) in [6, 6.07) is 12.9. The van der Waals surface area contributed by atoms with E-state index in [2.05, 4.69) is 42.6 Å². The highest BCUT2D eigenvalue weighted by atomic mass is 32.2. The van der Waals surface area contributed by atoms with Crippen LogP contribution in [-0.4, -0.2) is 52.0 Å². The smallest absolute Gasteiger partial charge is 0.262 e. The molecular weight excluding hydrogens is 414 g/mol. The number of hydrogen-bond acceptors (Lipinski definition) is 5. The van der Waals surface area contributed by atoms with E-state index in [0.717, 1.165) is 13.1 Å². The number of rotatable bonds is 11. The summed E-state index contributed by atoms with van der Waals surface area (Å²) < 4.78 is 33.1. The van der Waals surface area contributed by atoms with Crippen LogP contribution < -0.4 is 14.8 Å². The third-order valence-electron chi connectivity index (χ3n) is 5.30. The molecule has 170 valence electrons. The lowest BCUT2D eigenvalue weighted by molar-refractivity contribution is 0.0921. The van der Waals surface area contributed by atoms with E-state index in [9.17, 15) is 13.2 Å². The van der Waals surface area contributed by atoms with Gasteiger partial charge in [-0.25, -0.2) is 8.42 Å². The van der Waals surface area contributed by atoms with Crippen LogP contribution in [0.1, 0.15) is 38.1 Å². The number of nitrogens with zero attached hydrogens (tertiary/aromatic N) is 1. The predicted molar refractivity (Wildman–Crippen MR) is 124 cm³/mol. The van der Waals surface area contributed by atoms with Crippen molar-refractivity contribution < 1.29 is 17.9 Å². The number of methoxy groups -OCH3 is 1. The first kappa shape index (κ1) is 24.7. The Morgan fingerprint density at radius 1 is 1.03 bits per heavy atom. The molecule has 2 aromatic rings. The van der Waals surface area contributed by atoms with Crippen molar-refractivity contribution in [1.29, 1.82) is 0 Å². The van der Waals surface area contributed by atoms with Crippen LogP contribution >= 0.6 is 0 Å². The number of anilines is 1. The largest absolute Gasteiger partial charge is 0.495 e. The number of benzene rings is 2. The highest BCUT2D eigenvalue weighted by molar-refractivity contribution is 7.92. The molecule has 1 atom stereocenters. The standard InChI is InChI=1S/C23H33N3O4S/c1-6-26(7-2)21(17(3)4)16-24-23(27)18-12-14-19(15-13-18)31(28,29)25-20-10-8-9-11-22(20)30-5/h8-15,17,21,25H,6-7,16H2,1-5H3,(H,24,27). The van der Waals surface area contributed by atoms with Crippen molar-refractivity contribution in [2.45, 2.75) is 38.6 Å². The van der Waals surface area contributed by atoms with Gasteiger partial charge in [0, 0.05) is 18.2 Å². The van der Waals surface area contributed by atoms with Gasteiger partial charge in [0.2, 0.25) is 0 Å². The summed E-state index contributed by atoms with van der Waals surface area (Å²) in [5.74, 6) is 0.600. The van der Waals surface area contributed by atoms with Crippen molar-refractivity contribution in [1.82, 2.24) is 10.2 Å². The van der Waals surface area contributed by atoms with Gasteiger partial charge in [-0.15, -0.1) is 0 Å². The lowest BCUT2D eigenvalue weighted by atomic mass is 10.0. The maximum absolute atomic E-state index is 12.7. The summed E-state index contributed by atoms with van der Waals surface area (Å²) in [6.07, 6.45) is 0. The zero-order valence-corrected chi connectivity index (χ0v) is 19.7. The molecule has 2 aromatic carbocycles. The monoisotopic (exact) mass is 447 g/mol. The van der Waals surface area contributed by atoms with Gasteiger partial charge >= 0.3 is 0 Å². The van der Waals surface area contributed by atoms with E-state index in [-0.39, 0.29) is 16.8 Å². The minimum absolute atomic E-state index is 0.0677. The van der Waals surface area contributed by atoms with E-state index in [1.807, 2.05) is 0 Å².